The number of ether oxygens (including phenoxy) is 1. The van der Waals surface area contributed by atoms with Gasteiger partial charge in [-0.15, -0.1) is 6.42 Å². The first-order valence-corrected chi connectivity index (χ1v) is 6.35. The molecule has 0 amide bonds. The Kier molecular flexibility index (Phi) is 4.05. The molecule has 1 fully saturated rings. The molecule has 0 N–H and O–H groups in total. The van der Waals surface area contributed by atoms with Gasteiger partial charge in [0, 0.05) is 31.1 Å². The molecule has 1 aliphatic rings. The van der Waals surface area contributed by atoms with E-state index in [1.165, 1.54) is 0 Å². The Hall–Kier alpha value is -2.03. The van der Waals surface area contributed by atoms with Crippen LogP contribution in [0.5, 0.6) is 0 Å². The van der Waals surface area contributed by atoms with Gasteiger partial charge in [0.25, 0.3) is 0 Å². The second-order valence-electron chi connectivity index (χ2n) is 4.68. The third kappa shape index (κ3) is 3.05. The lowest BCUT2D eigenvalue weighted by Crippen LogP contribution is -2.34. The first-order chi connectivity index (χ1) is 9.19. The summed E-state index contributed by atoms with van der Waals surface area (Å²) >= 11 is 0. The summed E-state index contributed by atoms with van der Waals surface area (Å²) in [6.45, 7) is 0. The number of terminal acetylenes is 1. The van der Waals surface area contributed by atoms with Crippen LogP contribution in [-0.2, 0) is 9.53 Å². The highest BCUT2D eigenvalue weighted by Gasteiger charge is 2.32. The Morgan fingerprint density at radius 2 is 1.84 bits per heavy atom. The maximum Gasteiger partial charge on any atom is 0.133 e. The van der Waals surface area contributed by atoms with Crippen LogP contribution in [0.4, 0.5) is 0 Å². The maximum absolute atomic E-state index is 11.3. The molecule has 0 radical (unpaired) electrons. The smallest absolute Gasteiger partial charge is 0.133 e. The van der Waals surface area contributed by atoms with Crippen molar-refractivity contribution in [2.75, 3.05) is 7.11 Å². The first-order valence-electron chi connectivity index (χ1n) is 6.35. The van der Waals surface area contributed by atoms with Crippen LogP contribution in [-0.4, -0.2) is 18.5 Å². The van der Waals surface area contributed by atoms with Crippen LogP contribution in [0, 0.1) is 24.2 Å². The van der Waals surface area contributed by atoms with E-state index in [0.717, 1.165) is 11.1 Å². The molecule has 2 rings (SSSR count). The summed E-state index contributed by atoms with van der Waals surface area (Å²) in [5.41, 5.74) is 1.11. The van der Waals surface area contributed by atoms with Crippen LogP contribution in [0.25, 0.3) is 0 Å². The summed E-state index contributed by atoms with van der Waals surface area (Å²) in [5, 5.41) is 0. The number of carbonyl (C=O) groups excluding carboxylic acids is 1. The van der Waals surface area contributed by atoms with E-state index >= 15 is 0 Å². The lowest BCUT2D eigenvalue weighted by Gasteiger charge is -2.30. The molecule has 0 bridgehead atoms. The number of hydrogen-bond donors (Lipinski definition) is 0. The molecular formula is C17H16O2. The SMILES string of the molecule is C#Cc1ccccc1C#CC1(OC)CCC(=O)CC1. The van der Waals surface area contributed by atoms with E-state index < -0.39 is 5.60 Å². The molecule has 2 heteroatoms. The summed E-state index contributed by atoms with van der Waals surface area (Å²) < 4.78 is 5.54. The molecule has 0 spiro atoms. The van der Waals surface area contributed by atoms with Crippen molar-refractivity contribution in [1.82, 2.24) is 0 Å². The highest BCUT2D eigenvalue weighted by molar-refractivity contribution is 5.79. The summed E-state index contributed by atoms with van der Waals surface area (Å²) in [6, 6.07) is 7.58. The average molecular weight is 252 g/mol. The molecular weight excluding hydrogens is 236 g/mol. The molecule has 0 aliphatic heterocycles. The quantitative estimate of drug-likeness (QED) is 0.718. The highest BCUT2D eigenvalue weighted by atomic mass is 16.5. The number of benzene rings is 1. The summed E-state index contributed by atoms with van der Waals surface area (Å²) in [5.74, 6) is 9.20. The molecule has 1 aliphatic carbocycles. The second kappa shape index (κ2) is 5.74. The Labute approximate surface area is 114 Å². The van der Waals surface area contributed by atoms with E-state index in [1.54, 1.807) is 7.11 Å². The molecule has 0 aromatic heterocycles. The normalized spacial score (nSPS) is 17.2. The minimum atomic E-state index is -0.504. The van der Waals surface area contributed by atoms with Gasteiger partial charge in [0.15, 0.2) is 0 Å². The molecule has 0 saturated heterocycles. The predicted molar refractivity (Wildman–Crippen MR) is 74.5 cm³/mol. The molecule has 0 heterocycles. The van der Waals surface area contributed by atoms with Crippen molar-refractivity contribution in [2.45, 2.75) is 31.3 Å². The summed E-state index contributed by atoms with van der Waals surface area (Å²) in [6.07, 6.45) is 7.85. The van der Waals surface area contributed by atoms with Crippen LogP contribution in [0.1, 0.15) is 36.8 Å². The van der Waals surface area contributed by atoms with E-state index in [9.17, 15) is 4.79 Å². The van der Waals surface area contributed by atoms with Crippen molar-refractivity contribution < 1.29 is 9.53 Å². The van der Waals surface area contributed by atoms with E-state index in [-0.39, 0.29) is 0 Å². The van der Waals surface area contributed by atoms with Crippen molar-refractivity contribution in [3.63, 3.8) is 0 Å². The van der Waals surface area contributed by atoms with E-state index in [1.807, 2.05) is 24.3 Å². The van der Waals surface area contributed by atoms with Gasteiger partial charge in [-0.05, 0) is 25.0 Å². The Morgan fingerprint density at radius 1 is 1.21 bits per heavy atom. The van der Waals surface area contributed by atoms with Crippen molar-refractivity contribution >= 4 is 5.78 Å². The number of carbonyl (C=O) groups is 1. The molecule has 2 nitrogen and oxygen atoms in total. The van der Waals surface area contributed by atoms with Gasteiger partial charge in [0.2, 0.25) is 0 Å². The van der Waals surface area contributed by atoms with Gasteiger partial charge >= 0.3 is 0 Å². The molecule has 0 atom stereocenters. The molecule has 1 aromatic rings. The second-order valence-corrected chi connectivity index (χ2v) is 4.68. The van der Waals surface area contributed by atoms with E-state index in [0.29, 0.717) is 31.5 Å². The lowest BCUT2D eigenvalue weighted by molar-refractivity contribution is -0.124. The zero-order chi connectivity index (χ0) is 13.7. The number of ketones is 1. The number of rotatable bonds is 1. The molecule has 1 aromatic carbocycles. The van der Waals surface area contributed by atoms with Gasteiger partial charge in [-0.25, -0.2) is 0 Å². The third-order valence-electron chi connectivity index (χ3n) is 3.51. The monoisotopic (exact) mass is 252 g/mol. The highest BCUT2D eigenvalue weighted by Crippen LogP contribution is 2.28. The third-order valence-corrected chi connectivity index (χ3v) is 3.51. The number of methoxy groups -OCH3 is 1. The van der Waals surface area contributed by atoms with Crippen LogP contribution < -0.4 is 0 Å². The minimum absolute atomic E-state index is 0.290. The minimum Gasteiger partial charge on any atom is -0.366 e. The summed E-state index contributed by atoms with van der Waals surface area (Å²) in [7, 11) is 1.65. The van der Waals surface area contributed by atoms with Crippen molar-refractivity contribution in [1.29, 1.82) is 0 Å². The van der Waals surface area contributed by atoms with Gasteiger partial charge in [-0.3, -0.25) is 4.79 Å². The van der Waals surface area contributed by atoms with Crippen molar-refractivity contribution in [3.05, 3.63) is 35.4 Å². The zero-order valence-electron chi connectivity index (χ0n) is 11.0. The van der Waals surface area contributed by atoms with Crippen molar-refractivity contribution in [2.24, 2.45) is 0 Å². The van der Waals surface area contributed by atoms with Crippen LogP contribution in [0.3, 0.4) is 0 Å². The van der Waals surface area contributed by atoms with Crippen LogP contribution in [0.2, 0.25) is 0 Å². The molecule has 96 valence electrons. The van der Waals surface area contributed by atoms with E-state index in [4.69, 9.17) is 11.2 Å². The van der Waals surface area contributed by atoms with Gasteiger partial charge in [-0.1, -0.05) is 29.9 Å². The molecule has 1 saturated carbocycles. The molecule has 0 unspecified atom stereocenters. The van der Waals surface area contributed by atoms with Gasteiger partial charge in [0.1, 0.15) is 11.4 Å². The van der Waals surface area contributed by atoms with Gasteiger partial charge < -0.3 is 4.74 Å². The Balaban J connectivity index is 2.27. The van der Waals surface area contributed by atoms with Gasteiger partial charge in [-0.2, -0.15) is 0 Å². The fourth-order valence-corrected chi connectivity index (χ4v) is 2.21. The standard InChI is InChI=1S/C17H16O2/c1-3-14-6-4-5-7-15(14)8-11-17(19-2)12-9-16(18)10-13-17/h1,4-7H,9-10,12-13H2,2H3. The zero-order valence-corrected chi connectivity index (χ0v) is 11.0. The summed E-state index contributed by atoms with van der Waals surface area (Å²) in [4.78, 5) is 11.3. The van der Waals surface area contributed by atoms with Crippen molar-refractivity contribution in [3.8, 4) is 24.2 Å². The predicted octanol–water partition coefficient (Wildman–Crippen LogP) is 2.55. The first kappa shape index (κ1) is 13.4. The fourth-order valence-electron chi connectivity index (χ4n) is 2.21. The largest absolute Gasteiger partial charge is 0.366 e. The van der Waals surface area contributed by atoms with Gasteiger partial charge in [0.05, 0.1) is 0 Å². The topological polar surface area (TPSA) is 26.3 Å². The van der Waals surface area contributed by atoms with Crippen LogP contribution >= 0.6 is 0 Å². The maximum atomic E-state index is 11.3. The molecule has 19 heavy (non-hydrogen) atoms. The number of hydrogen-bond acceptors (Lipinski definition) is 2. The van der Waals surface area contributed by atoms with E-state index in [2.05, 4.69) is 17.8 Å². The number of Topliss-reactive ketones (excluding diaryl/α,β-unsaturated/α-hetero) is 1. The lowest BCUT2D eigenvalue weighted by atomic mass is 9.84. The average Bonchev–Trinajstić information content (AvgIpc) is 2.47. The van der Waals surface area contributed by atoms with Crippen LogP contribution in [0.15, 0.2) is 24.3 Å². The fraction of sp³-hybridized carbons (Fsp3) is 0.353. The Morgan fingerprint density at radius 3 is 2.42 bits per heavy atom. The Bertz CT molecular complexity index is 571.